The molecule has 1 aromatic carbocycles. The Morgan fingerprint density at radius 1 is 1.17 bits per heavy atom. The first-order valence-corrected chi connectivity index (χ1v) is 14.4. The Morgan fingerprint density at radius 2 is 1.92 bits per heavy atom. The zero-order valence-electron chi connectivity index (χ0n) is 21.0. The number of ether oxygens (including phenoxy) is 2. The summed E-state index contributed by atoms with van der Waals surface area (Å²) in [5, 5.41) is 4.42. The Kier molecular flexibility index (Phi) is 9.24. The summed E-state index contributed by atoms with van der Waals surface area (Å²) in [5.41, 5.74) is 3.82. The molecule has 1 aliphatic carbocycles. The molecule has 1 saturated carbocycles. The smallest absolute Gasteiger partial charge is 0.333 e. The van der Waals surface area contributed by atoms with Gasteiger partial charge in [-0.15, -0.1) is 0 Å². The van der Waals surface area contributed by atoms with Crippen LogP contribution in [-0.4, -0.2) is 68.4 Å². The van der Waals surface area contributed by atoms with Crippen LogP contribution in [0.25, 0.3) is 10.9 Å². The van der Waals surface area contributed by atoms with Crippen LogP contribution in [-0.2, 0) is 28.0 Å². The lowest BCUT2D eigenvalue weighted by Gasteiger charge is -2.27. The number of H-pyrrole nitrogens is 1. The molecule has 0 bridgehead atoms. The minimum atomic E-state index is -3.97. The van der Waals surface area contributed by atoms with Gasteiger partial charge in [-0.25, -0.2) is 0 Å². The van der Waals surface area contributed by atoms with Crippen LogP contribution in [0, 0.1) is 0 Å². The van der Waals surface area contributed by atoms with Crippen molar-refractivity contribution in [3.8, 4) is 5.75 Å². The van der Waals surface area contributed by atoms with Crippen LogP contribution in [0.15, 0.2) is 16.9 Å². The third-order valence-corrected chi connectivity index (χ3v) is 7.50. The van der Waals surface area contributed by atoms with Crippen molar-refractivity contribution in [1.82, 2.24) is 14.6 Å². The molecule has 2 fully saturated rings. The number of hydrogen-bond acceptors (Lipinski definition) is 7. The molecule has 5 rings (SSSR count). The Hall–Kier alpha value is -2.18. The largest absolute Gasteiger partial charge is 0.493 e. The maximum absolute atomic E-state index is 12.5. The Balaban J connectivity index is 0.000000233. The van der Waals surface area contributed by atoms with Crippen molar-refractivity contribution in [3.05, 3.63) is 33.6 Å². The molecule has 2 aliphatic heterocycles. The number of pyridine rings is 1. The molecule has 3 aliphatic rings. The zero-order chi connectivity index (χ0) is 25.5. The van der Waals surface area contributed by atoms with E-state index in [4.69, 9.17) is 14.0 Å². The van der Waals surface area contributed by atoms with Crippen molar-refractivity contribution >= 4 is 26.9 Å². The topological polar surface area (TPSA) is 133 Å². The highest BCUT2D eigenvalue weighted by molar-refractivity contribution is 7.83. The summed E-state index contributed by atoms with van der Waals surface area (Å²) < 4.78 is 42.7. The summed E-state index contributed by atoms with van der Waals surface area (Å²) >= 11 is 0. The minimum Gasteiger partial charge on any atom is -0.493 e. The van der Waals surface area contributed by atoms with Crippen LogP contribution in [0.5, 0.6) is 5.75 Å². The molecule has 0 radical (unpaired) electrons. The first-order chi connectivity index (χ1) is 17.3. The number of aromatic nitrogens is 1. The number of hydrogen-bond donors (Lipinski definition) is 4. The molecule has 0 amide bonds. The van der Waals surface area contributed by atoms with Crippen molar-refractivity contribution < 1.29 is 22.4 Å². The monoisotopic (exact) mass is 522 g/mol. The second kappa shape index (κ2) is 12.4. The maximum Gasteiger partial charge on any atom is 0.333 e. The third-order valence-electron chi connectivity index (χ3n) is 6.87. The van der Waals surface area contributed by atoms with Gasteiger partial charge in [0.1, 0.15) is 5.75 Å². The fraction of sp³-hybridized carbons (Fsp3) is 0.640. The highest BCUT2D eigenvalue weighted by Crippen LogP contribution is 2.36. The van der Waals surface area contributed by atoms with Crippen molar-refractivity contribution in [2.24, 2.45) is 0 Å². The molecular formula is C25H38N4O6S. The van der Waals surface area contributed by atoms with Gasteiger partial charge in [-0.05, 0) is 50.3 Å². The van der Waals surface area contributed by atoms with E-state index in [9.17, 15) is 13.2 Å². The highest BCUT2D eigenvalue weighted by atomic mass is 32.2. The number of fused-ring (bicyclic) bond motifs is 3. The van der Waals surface area contributed by atoms with Gasteiger partial charge >= 0.3 is 10.3 Å². The van der Waals surface area contributed by atoms with Gasteiger partial charge in [-0.1, -0.05) is 19.3 Å². The van der Waals surface area contributed by atoms with E-state index in [0.717, 1.165) is 111 Å². The van der Waals surface area contributed by atoms with Gasteiger partial charge in [0.2, 0.25) is 0 Å². The second-order valence-corrected chi connectivity index (χ2v) is 10.8. The van der Waals surface area contributed by atoms with Gasteiger partial charge in [-0.3, -0.25) is 14.2 Å². The lowest BCUT2D eigenvalue weighted by atomic mass is 9.96. The quantitative estimate of drug-likeness (QED) is 0.426. The van der Waals surface area contributed by atoms with E-state index in [1.54, 1.807) is 0 Å². The number of morpholine rings is 1. The predicted molar refractivity (Wildman–Crippen MR) is 140 cm³/mol. The van der Waals surface area contributed by atoms with Gasteiger partial charge in [0.05, 0.1) is 36.4 Å². The fourth-order valence-electron chi connectivity index (χ4n) is 5.21. The lowest BCUT2D eigenvalue weighted by molar-refractivity contribution is 0.0342. The van der Waals surface area contributed by atoms with E-state index in [1.807, 2.05) is 6.92 Å². The van der Waals surface area contributed by atoms with Gasteiger partial charge < -0.3 is 19.8 Å². The Labute approximate surface area is 212 Å². The highest BCUT2D eigenvalue weighted by Gasteiger charge is 2.21. The predicted octanol–water partition coefficient (Wildman–Crippen LogP) is 2.83. The first kappa shape index (κ1) is 26.9. The summed E-state index contributed by atoms with van der Waals surface area (Å²) in [6.45, 7) is 7.75. The second-order valence-electron chi connectivity index (χ2n) is 9.60. The standard InChI is InChI=1S/C19H25N3O3.C6H13NO3S/c1-2-25-16-11-13(12-22-6-8-24-9-7-22)10-15-17(16)18-14(19(23)21-15)4-3-5-20-18;8-11(9,10)7-6-4-2-1-3-5-6/h10-11,20H,2-9,12H2,1H3,(H,21,23);6-7H,1-5H2,(H,8,9,10). The Bertz CT molecular complexity index is 1190. The average Bonchev–Trinajstić information content (AvgIpc) is 2.85. The van der Waals surface area contributed by atoms with Crippen molar-refractivity contribution in [2.45, 2.75) is 64.5 Å². The van der Waals surface area contributed by atoms with Crippen molar-refractivity contribution in [3.63, 3.8) is 0 Å². The number of benzene rings is 1. The Morgan fingerprint density at radius 3 is 2.61 bits per heavy atom. The summed E-state index contributed by atoms with van der Waals surface area (Å²) in [4.78, 5) is 17.9. The van der Waals surface area contributed by atoms with E-state index >= 15 is 0 Å². The van der Waals surface area contributed by atoms with Crippen LogP contribution in [0.3, 0.4) is 0 Å². The number of rotatable bonds is 6. The lowest BCUT2D eigenvalue weighted by Crippen LogP contribution is -2.35. The van der Waals surface area contributed by atoms with E-state index in [2.05, 4.69) is 32.1 Å². The molecule has 1 saturated heterocycles. The summed E-state index contributed by atoms with van der Waals surface area (Å²) in [6.07, 6.45) is 6.76. The molecule has 3 heterocycles. The molecule has 4 N–H and O–H groups in total. The summed E-state index contributed by atoms with van der Waals surface area (Å²) in [6, 6.07) is 4.17. The van der Waals surface area contributed by atoms with Crippen LogP contribution in [0.2, 0.25) is 0 Å². The molecule has 0 atom stereocenters. The molecular weight excluding hydrogens is 484 g/mol. The minimum absolute atomic E-state index is 0.0145. The summed E-state index contributed by atoms with van der Waals surface area (Å²) in [5.74, 6) is 0.852. The van der Waals surface area contributed by atoms with E-state index in [-0.39, 0.29) is 11.6 Å². The van der Waals surface area contributed by atoms with E-state index in [1.165, 1.54) is 6.42 Å². The molecule has 2 aromatic rings. The summed E-state index contributed by atoms with van der Waals surface area (Å²) in [7, 11) is -3.97. The number of aromatic amines is 1. The molecule has 0 unspecified atom stereocenters. The maximum atomic E-state index is 12.5. The van der Waals surface area contributed by atoms with Gasteiger partial charge in [0, 0.05) is 37.8 Å². The molecule has 200 valence electrons. The van der Waals surface area contributed by atoms with Crippen molar-refractivity contribution in [2.75, 3.05) is 44.8 Å². The SMILES string of the molecule is CCOc1cc(CN2CCOCC2)cc2[nH]c(=O)c3c(c12)NCCC3.O=S(=O)(O)NC1CCCCC1. The van der Waals surface area contributed by atoms with Crippen LogP contribution < -0.4 is 20.3 Å². The number of nitrogens with zero attached hydrogens (tertiary/aromatic N) is 1. The molecule has 11 heteroatoms. The fourth-order valence-corrected chi connectivity index (χ4v) is 5.87. The number of nitrogens with one attached hydrogen (secondary N) is 3. The molecule has 1 aromatic heterocycles. The van der Waals surface area contributed by atoms with Crippen LogP contribution >= 0.6 is 0 Å². The van der Waals surface area contributed by atoms with E-state index < -0.39 is 10.3 Å². The van der Waals surface area contributed by atoms with Gasteiger partial charge in [0.15, 0.2) is 0 Å². The molecule has 10 nitrogen and oxygen atoms in total. The normalized spacial score (nSPS) is 19.2. The van der Waals surface area contributed by atoms with Crippen LogP contribution in [0.1, 0.15) is 56.6 Å². The average molecular weight is 523 g/mol. The van der Waals surface area contributed by atoms with E-state index in [0.29, 0.717) is 6.61 Å². The number of anilines is 1. The first-order valence-electron chi connectivity index (χ1n) is 13.0. The van der Waals surface area contributed by atoms with Gasteiger partial charge in [0.25, 0.3) is 5.56 Å². The molecule has 36 heavy (non-hydrogen) atoms. The molecule has 0 spiro atoms. The zero-order valence-corrected chi connectivity index (χ0v) is 21.8. The van der Waals surface area contributed by atoms with Crippen LogP contribution in [0.4, 0.5) is 5.69 Å². The van der Waals surface area contributed by atoms with Gasteiger partial charge in [-0.2, -0.15) is 13.1 Å². The van der Waals surface area contributed by atoms with Crippen molar-refractivity contribution in [1.29, 1.82) is 0 Å². The third kappa shape index (κ3) is 7.19.